The summed E-state index contributed by atoms with van der Waals surface area (Å²) in [5.41, 5.74) is -0.625. The fourth-order valence-corrected chi connectivity index (χ4v) is 2.71. The lowest BCUT2D eigenvalue weighted by Crippen LogP contribution is -2.44. The summed E-state index contributed by atoms with van der Waals surface area (Å²) in [5, 5.41) is 20.1. The quantitative estimate of drug-likeness (QED) is 0.681. The zero-order valence-electron chi connectivity index (χ0n) is 11.5. The molecule has 1 aromatic rings. The Hall–Kier alpha value is -2.02. The van der Waals surface area contributed by atoms with Crippen LogP contribution in [-0.2, 0) is 0 Å². The molecule has 0 saturated carbocycles. The number of nitrogens with zero attached hydrogens (tertiary/aromatic N) is 2. The number of amides is 1. The predicted molar refractivity (Wildman–Crippen MR) is 73.4 cm³/mol. The molecule has 0 aliphatic carbocycles. The van der Waals surface area contributed by atoms with Gasteiger partial charge in [-0.1, -0.05) is 0 Å². The van der Waals surface area contributed by atoms with Crippen LogP contribution < -0.4 is 0 Å². The van der Waals surface area contributed by atoms with Gasteiger partial charge >= 0.3 is 0 Å². The SMILES string of the molecule is O=C(c1cc(F)ccc1[N+](=O)[O-])N1CCCCC1CCO. The maximum absolute atomic E-state index is 13.3. The first-order valence-corrected chi connectivity index (χ1v) is 6.90. The van der Waals surface area contributed by atoms with Gasteiger partial charge in [-0.3, -0.25) is 14.9 Å². The Morgan fingerprint density at radius 2 is 2.24 bits per heavy atom. The summed E-state index contributed by atoms with van der Waals surface area (Å²) in [6.45, 7) is 0.414. The number of hydrogen-bond donors (Lipinski definition) is 1. The van der Waals surface area contributed by atoms with Gasteiger partial charge in [0.1, 0.15) is 11.4 Å². The van der Waals surface area contributed by atoms with Gasteiger partial charge in [-0.15, -0.1) is 0 Å². The number of halogens is 1. The van der Waals surface area contributed by atoms with E-state index >= 15 is 0 Å². The second-order valence-electron chi connectivity index (χ2n) is 5.08. The molecule has 2 rings (SSSR count). The Bertz CT molecular complexity index is 548. The van der Waals surface area contributed by atoms with Gasteiger partial charge in [0.15, 0.2) is 0 Å². The summed E-state index contributed by atoms with van der Waals surface area (Å²) in [6, 6.07) is 2.73. The number of nitro benzene ring substituents is 1. The molecular formula is C14H17FN2O4. The maximum Gasteiger partial charge on any atom is 0.282 e. The van der Waals surface area contributed by atoms with Gasteiger partial charge in [0.2, 0.25) is 0 Å². The number of hydrogen-bond acceptors (Lipinski definition) is 4. The van der Waals surface area contributed by atoms with Crippen molar-refractivity contribution in [2.75, 3.05) is 13.2 Å². The molecule has 0 bridgehead atoms. The molecular weight excluding hydrogens is 279 g/mol. The number of nitro groups is 1. The number of likely N-dealkylation sites (tertiary alicyclic amines) is 1. The molecule has 1 unspecified atom stereocenters. The topological polar surface area (TPSA) is 83.7 Å². The molecule has 1 saturated heterocycles. The van der Waals surface area contributed by atoms with Crippen LogP contribution in [0.5, 0.6) is 0 Å². The molecule has 0 radical (unpaired) electrons. The van der Waals surface area contributed by atoms with Crippen LogP contribution in [0.4, 0.5) is 10.1 Å². The monoisotopic (exact) mass is 296 g/mol. The largest absolute Gasteiger partial charge is 0.396 e. The highest BCUT2D eigenvalue weighted by molar-refractivity contribution is 5.98. The highest BCUT2D eigenvalue weighted by atomic mass is 19.1. The molecule has 1 amide bonds. The van der Waals surface area contributed by atoms with Gasteiger partial charge in [-0.2, -0.15) is 0 Å². The zero-order valence-corrected chi connectivity index (χ0v) is 11.5. The van der Waals surface area contributed by atoms with Crippen LogP contribution in [0.1, 0.15) is 36.0 Å². The molecule has 1 fully saturated rings. The van der Waals surface area contributed by atoms with E-state index in [1.807, 2.05) is 0 Å². The minimum atomic E-state index is -0.683. The Balaban J connectivity index is 2.33. The van der Waals surface area contributed by atoms with E-state index < -0.39 is 22.3 Å². The molecule has 1 N–H and O–H groups in total. The lowest BCUT2D eigenvalue weighted by atomic mass is 9.98. The van der Waals surface area contributed by atoms with Gasteiger partial charge in [-0.25, -0.2) is 4.39 Å². The summed E-state index contributed by atoms with van der Waals surface area (Å²) < 4.78 is 13.3. The average molecular weight is 296 g/mol. The predicted octanol–water partition coefficient (Wildman–Crippen LogP) is 2.11. The van der Waals surface area contributed by atoms with Crippen molar-refractivity contribution in [2.45, 2.75) is 31.7 Å². The van der Waals surface area contributed by atoms with E-state index in [1.165, 1.54) is 4.90 Å². The highest BCUT2D eigenvalue weighted by Gasteiger charge is 2.31. The molecule has 1 aliphatic rings. The van der Waals surface area contributed by atoms with E-state index in [-0.39, 0.29) is 18.2 Å². The minimum absolute atomic E-state index is 0.0559. The Morgan fingerprint density at radius 1 is 1.48 bits per heavy atom. The maximum atomic E-state index is 13.3. The van der Waals surface area contributed by atoms with Crippen molar-refractivity contribution >= 4 is 11.6 Å². The minimum Gasteiger partial charge on any atom is -0.396 e. The zero-order chi connectivity index (χ0) is 15.4. The Morgan fingerprint density at radius 3 is 2.90 bits per heavy atom. The van der Waals surface area contributed by atoms with Crippen molar-refractivity contribution in [2.24, 2.45) is 0 Å². The summed E-state index contributed by atoms with van der Waals surface area (Å²) in [6.07, 6.45) is 2.92. The fraction of sp³-hybridized carbons (Fsp3) is 0.500. The molecule has 0 aromatic heterocycles. The van der Waals surface area contributed by atoms with Crippen molar-refractivity contribution in [1.29, 1.82) is 0 Å². The van der Waals surface area contributed by atoms with Crippen molar-refractivity contribution in [1.82, 2.24) is 4.90 Å². The first-order valence-electron chi connectivity index (χ1n) is 6.90. The third kappa shape index (κ3) is 3.36. The number of aliphatic hydroxyl groups excluding tert-OH is 1. The van der Waals surface area contributed by atoms with Crippen LogP contribution >= 0.6 is 0 Å². The third-order valence-corrected chi connectivity index (χ3v) is 3.74. The number of benzene rings is 1. The van der Waals surface area contributed by atoms with E-state index in [0.717, 1.165) is 37.5 Å². The van der Waals surface area contributed by atoms with E-state index in [2.05, 4.69) is 0 Å². The first kappa shape index (κ1) is 15.4. The van der Waals surface area contributed by atoms with Crippen LogP contribution in [-0.4, -0.2) is 40.0 Å². The first-order chi connectivity index (χ1) is 10.0. The molecule has 1 aliphatic heterocycles. The highest BCUT2D eigenvalue weighted by Crippen LogP contribution is 2.26. The Labute approximate surface area is 121 Å². The lowest BCUT2D eigenvalue weighted by Gasteiger charge is -2.35. The van der Waals surface area contributed by atoms with Crippen molar-refractivity contribution in [3.63, 3.8) is 0 Å². The second kappa shape index (κ2) is 6.62. The van der Waals surface area contributed by atoms with Crippen molar-refractivity contribution in [3.05, 3.63) is 39.7 Å². The molecule has 1 aromatic carbocycles. The average Bonchev–Trinajstić information content (AvgIpc) is 2.47. The van der Waals surface area contributed by atoms with E-state index in [1.54, 1.807) is 0 Å². The van der Waals surface area contributed by atoms with Crippen LogP contribution in [0, 0.1) is 15.9 Å². The molecule has 21 heavy (non-hydrogen) atoms. The van der Waals surface area contributed by atoms with Gasteiger partial charge in [0, 0.05) is 25.3 Å². The van der Waals surface area contributed by atoms with Crippen LogP contribution in [0.2, 0.25) is 0 Å². The molecule has 7 heteroatoms. The van der Waals surface area contributed by atoms with Gasteiger partial charge in [-0.05, 0) is 37.8 Å². The molecule has 114 valence electrons. The summed E-state index contributed by atoms with van der Waals surface area (Å²) in [7, 11) is 0. The Kier molecular flexibility index (Phi) is 4.85. The lowest BCUT2D eigenvalue weighted by molar-refractivity contribution is -0.385. The number of carbonyl (C=O) groups excluding carboxylic acids is 1. The molecule has 6 nitrogen and oxygen atoms in total. The standard InChI is InChI=1S/C14H17FN2O4/c15-10-4-5-13(17(20)21)12(9-10)14(19)16-7-2-1-3-11(16)6-8-18/h4-5,9,11,18H,1-3,6-8H2. The normalized spacial score (nSPS) is 18.6. The van der Waals surface area contributed by atoms with Crippen LogP contribution in [0.25, 0.3) is 0 Å². The molecule has 0 spiro atoms. The fourth-order valence-electron chi connectivity index (χ4n) is 2.71. The number of piperidine rings is 1. The van der Waals surface area contributed by atoms with Crippen molar-refractivity contribution in [3.8, 4) is 0 Å². The summed E-state index contributed by atoms with van der Waals surface area (Å²) in [4.78, 5) is 24.4. The van der Waals surface area contributed by atoms with Crippen LogP contribution in [0.3, 0.4) is 0 Å². The number of rotatable bonds is 4. The van der Waals surface area contributed by atoms with Gasteiger partial charge in [0.05, 0.1) is 4.92 Å². The van der Waals surface area contributed by atoms with Gasteiger partial charge in [0.25, 0.3) is 11.6 Å². The number of carbonyl (C=O) groups is 1. The van der Waals surface area contributed by atoms with Gasteiger partial charge < -0.3 is 10.0 Å². The van der Waals surface area contributed by atoms with Crippen LogP contribution in [0.15, 0.2) is 18.2 Å². The van der Waals surface area contributed by atoms with E-state index in [0.29, 0.717) is 13.0 Å². The summed E-state index contributed by atoms with van der Waals surface area (Å²) in [5.74, 6) is -1.22. The number of aliphatic hydroxyl groups is 1. The summed E-state index contributed by atoms with van der Waals surface area (Å²) >= 11 is 0. The second-order valence-corrected chi connectivity index (χ2v) is 5.08. The van der Waals surface area contributed by atoms with Crippen molar-refractivity contribution < 1.29 is 19.2 Å². The van der Waals surface area contributed by atoms with E-state index in [9.17, 15) is 19.3 Å². The smallest absolute Gasteiger partial charge is 0.282 e. The van der Waals surface area contributed by atoms with E-state index in [4.69, 9.17) is 5.11 Å². The molecule has 1 heterocycles. The molecule has 1 atom stereocenters. The third-order valence-electron chi connectivity index (χ3n) is 3.74.